The molecule has 0 aromatic heterocycles. The Hall–Kier alpha value is 0.390. The molecule has 2 N–H and O–H groups in total. The van der Waals surface area contributed by atoms with Gasteiger partial charge in [-0.15, -0.1) is 9.24 Å². The Morgan fingerprint density at radius 2 is 1.30 bits per heavy atom. The SMILES string of the molecule is NC1(P)CCCCCCC1. The lowest BCUT2D eigenvalue weighted by Gasteiger charge is -2.26. The second-order valence-corrected chi connectivity index (χ2v) is 4.65. The van der Waals surface area contributed by atoms with Gasteiger partial charge in [0, 0.05) is 5.28 Å². The molecule has 0 aliphatic heterocycles. The summed E-state index contributed by atoms with van der Waals surface area (Å²) >= 11 is 0. The number of nitrogens with two attached hydrogens (primary N) is 1. The van der Waals surface area contributed by atoms with Gasteiger partial charge in [0.05, 0.1) is 0 Å². The molecule has 2 heteroatoms. The molecule has 1 rings (SSSR count). The Kier molecular flexibility index (Phi) is 3.13. The largest absolute Gasteiger partial charge is 0.322 e. The molecule has 60 valence electrons. The minimum atomic E-state index is 0.0699. The number of hydrogen-bond donors (Lipinski definition) is 1. The van der Waals surface area contributed by atoms with Crippen LogP contribution in [0.1, 0.15) is 44.9 Å². The van der Waals surface area contributed by atoms with Gasteiger partial charge in [0.1, 0.15) is 0 Å². The molecule has 0 aromatic rings. The van der Waals surface area contributed by atoms with E-state index in [2.05, 4.69) is 9.24 Å². The summed E-state index contributed by atoms with van der Waals surface area (Å²) in [6.07, 6.45) is 9.21. The van der Waals surface area contributed by atoms with E-state index >= 15 is 0 Å². The molecule has 0 aromatic carbocycles. The van der Waals surface area contributed by atoms with Crippen molar-refractivity contribution in [2.24, 2.45) is 5.73 Å². The van der Waals surface area contributed by atoms with E-state index in [9.17, 15) is 0 Å². The standard InChI is InChI=1S/C8H18NP/c9-8(10)6-4-2-1-3-5-7-8/h1-7,9-10H2. The third-order valence-corrected chi connectivity index (χ3v) is 2.86. The van der Waals surface area contributed by atoms with Gasteiger partial charge in [-0.05, 0) is 12.8 Å². The number of hydrogen-bond acceptors (Lipinski definition) is 1. The highest BCUT2D eigenvalue weighted by Gasteiger charge is 2.18. The van der Waals surface area contributed by atoms with Gasteiger partial charge in [-0.1, -0.05) is 32.1 Å². The Balaban J connectivity index is 2.30. The zero-order valence-corrected chi connectivity index (χ0v) is 7.76. The van der Waals surface area contributed by atoms with Gasteiger partial charge in [-0.2, -0.15) is 0 Å². The minimum Gasteiger partial charge on any atom is -0.322 e. The van der Waals surface area contributed by atoms with E-state index in [0.717, 1.165) is 0 Å². The van der Waals surface area contributed by atoms with Gasteiger partial charge in [-0.3, -0.25) is 0 Å². The first kappa shape index (κ1) is 8.49. The fourth-order valence-electron chi connectivity index (χ4n) is 1.56. The van der Waals surface area contributed by atoms with Crippen LogP contribution in [-0.2, 0) is 0 Å². The monoisotopic (exact) mass is 159 g/mol. The first-order valence-corrected chi connectivity index (χ1v) is 4.86. The summed E-state index contributed by atoms with van der Waals surface area (Å²) in [5.41, 5.74) is 6.01. The average molecular weight is 159 g/mol. The van der Waals surface area contributed by atoms with E-state index in [1.54, 1.807) is 0 Å². The summed E-state index contributed by atoms with van der Waals surface area (Å²) in [5.74, 6) is 0. The van der Waals surface area contributed by atoms with Crippen molar-refractivity contribution < 1.29 is 0 Å². The van der Waals surface area contributed by atoms with Crippen molar-refractivity contribution in [2.75, 3.05) is 0 Å². The van der Waals surface area contributed by atoms with Crippen molar-refractivity contribution >= 4 is 9.24 Å². The summed E-state index contributed by atoms with van der Waals surface area (Å²) in [4.78, 5) is 0. The fourth-order valence-corrected chi connectivity index (χ4v) is 1.97. The minimum absolute atomic E-state index is 0.0699. The first-order chi connectivity index (χ1) is 4.71. The van der Waals surface area contributed by atoms with E-state index in [-0.39, 0.29) is 5.28 Å². The van der Waals surface area contributed by atoms with Crippen LogP contribution in [-0.4, -0.2) is 5.28 Å². The highest BCUT2D eigenvalue weighted by Crippen LogP contribution is 2.28. The third kappa shape index (κ3) is 2.98. The van der Waals surface area contributed by atoms with Gasteiger partial charge in [0.15, 0.2) is 0 Å². The molecule has 0 radical (unpaired) electrons. The lowest BCUT2D eigenvalue weighted by Crippen LogP contribution is -2.32. The van der Waals surface area contributed by atoms with E-state index in [0.29, 0.717) is 0 Å². The summed E-state index contributed by atoms with van der Waals surface area (Å²) in [6, 6.07) is 0. The van der Waals surface area contributed by atoms with Crippen LogP contribution < -0.4 is 5.73 Å². The van der Waals surface area contributed by atoms with Crippen LogP contribution in [0.5, 0.6) is 0 Å². The van der Waals surface area contributed by atoms with Gasteiger partial charge in [0.25, 0.3) is 0 Å². The zero-order valence-electron chi connectivity index (χ0n) is 6.60. The zero-order chi connectivity index (χ0) is 7.45. The Bertz CT molecular complexity index is 91.4. The molecule has 1 atom stereocenters. The molecule has 1 aliphatic rings. The smallest absolute Gasteiger partial charge is 0.0297 e. The van der Waals surface area contributed by atoms with Gasteiger partial charge < -0.3 is 5.73 Å². The Morgan fingerprint density at radius 3 is 1.80 bits per heavy atom. The molecule has 0 saturated heterocycles. The predicted octanol–water partition coefficient (Wildman–Crippen LogP) is 2.26. The van der Waals surface area contributed by atoms with Crippen LogP contribution in [0.2, 0.25) is 0 Å². The molecule has 10 heavy (non-hydrogen) atoms. The van der Waals surface area contributed by atoms with E-state index in [1.807, 2.05) is 0 Å². The maximum Gasteiger partial charge on any atom is 0.0297 e. The maximum atomic E-state index is 6.01. The molecular weight excluding hydrogens is 141 g/mol. The second kappa shape index (κ2) is 3.69. The molecule has 1 fully saturated rings. The average Bonchev–Trinajstić information content (AvgIpc) is 1.81. The van der Waals surface area contributed by atoms with E-state index in [1.165, 1.54) is 44.9 Å². The molecule has 0 amide bonds. The van der Waals surface area contributed by atoms with Crippen molar-refractivity contribution in [1.82, 2.24) is 0 Å². The highest BCUT2D eigenvalue weighted by atomic mass is 31.0. The van der Waals surface area contributed by atoms with Crippen LogP contribution in [0.25, 0.3) is 0 Å². The van der Waals surface area contributed by atoms with Crippen molar-refractivity contribution in [2.45, 2.75) is 50.2 Å². The fraction of sp³-hybridized carbons (Fsp3) is 1.00. The van der Waals surface area contributed by atoms with Crippen LogP contribution in [0.15, 0.2) is 0 Å². The van der Waals surface area contributed by atoms with Crippen molar-refractivity contribution in [1.29, 1.82) is 0 Å². The van der Waals surface area contributed by atoms with Crippen molar-refractivity contribution in [3.05, 3.63) is 0 Å². The first-order valence-electron chi connectivity index (χ1n) is 4.28. The van der Waals surface area contributed by atoms with Crippen molar-refractivity contribution in [3.63, 3.8) is 0 Å². The lowest BCUT2D eigenvalue weighted by atomic mass is 9.97. The normalized spacial score (nSPS) is 27.0. The van der Waals surface area contributed by atoms with Gasteiger partial charge in [-0.25, -0.2) is 0 Å². The predicted molar refractivity (Wildman–Crippen MR) is 48.9 cm³/mol. The van der Waals surface area contributed by atoms with Crippen LogP contribution in [0.4, 0.5) is 0 Å². The second-order valence-electron chi connectivity index (χ2n) is 3.50. The summed E-state index contributed by atoms with van der Waals surface area (Å²) < 4.78 is 0. The topological polar surface area (TPSA) is 26.0 Å². The molecule has 1 unspecified atom stereocenters. The molecular formula is C8H18NP. The lowest BCUT2D eigenvalue weighted by molar-refractivity contribution is 0.423. The van der Waals surface area contributed by atoms with Crippen molar-refractivity contribution in [3.8, 4) is 0 Å². The maximum absolute atomic E-state index is 6.01. The van der Waals surface area contributed by atoms with Gasteiger partial charge >= 0.3 is 0 Å². The molecule has 1 aliphatic carbocycles. The highest BCUT2D eigenvalue weighted by molar-refractivity contribution is 7.18. The quantitative estimate of drug-likeness (QED) is 0.539. The van der Waals surface area contributed by atoms with Crippen LogP contribution >= 0.6 is 9.24 Å². The summed E-state index contributed by atoms with van der Waals surface area (Å²) in [5, 5.41) is 0.0699. The van der Waals surface area contributed by atoms with Gasteiger partial charge in [0.2, 0.25) is 0 Å². The molecule has 0 heterocycles. The van der Waals surface area contributed by atoms with E-state index in [4.69, 9.17) is 5.73 Å². The van der Waals surface area contributed by atoms with E-state index < -0.39 is 0 Å². The molecule has 1 saturated carbocycles. The molecule has 0 spiro atoms. The molecule has 1 nitrogen and oxygen atoms in total. The Labute approximate surface area is 66.0 Å². The van der Waals surface area contributed by atoms with Crippen LogP contribution in [0, 0.1) is 0 Å². The summed E-state index contributed by atoms with van der Waals surface area (Å²) in [6.45, 7) is 0. The number of rotatable bonds is 0. The third-order valence-electron chi connectivity index (χ3n) is 2.28. The summed E-state index contributed by atoms with van der Waals surface area (Å²) in [7, 11) is 2.80. The Morgan fingerprint density at radius 1 is 0.900 bits per heavy atom. The molecule has 0 bridgehead atoms. The van der Waals surface area contributed by atoms with Crippen LogP contribution in [0.3, 0.4) is 0 Å².